The minimum atomic E-state index is -0.830. The van der Waals surface area contributed by atoms with Crippen molar-refractivity contribution in [2.45, 2.75) is 39.2 Å². The molecule has 2 aromatic carbocycles. The second kappa shape index (κ2) is 7.80. The molecule has 0 amide bonds. The van der Waals surface area contributed by atoms with Gasteiger partial charge < -0.3 is 15.5 Å². The van der Waals surface area contributed by atoms with Crippen LogP contribution in [0.25, 0.3) is 0 Å². The van der Waals surface area contributed by atoms with Crippen molar-refractivity contribution in [3.05, 3.63) is 64.6 Å². The molecule has 0 saturated carbocycles. The zero-order valence-corrected chi connectivity index (χ0v) is 17.0. The van der Waals surface area contributed by atoms with E-state index in [1.54, 1.807) is 19.2 Å². The molecule has 4 rings (SSSR count). The lowest BCUT2D eigenvalue weighted by molar-refractivity contribution is 0.0994. The Morgan fingerprint density at radius 1 is 1.13 bits per heavy atom. The summed E-state index contributed by atoms with van der Waals surface area (Å²) in [5, 5.41) is 0. The second-order valence-corrected chi connectivity index (χ2v) is 8.05. The fraction of sp³-hybridized carbons (Fsp3) is 0.348. The van der Waals surface area contributed by atoms with Gasteiger partial charge in [-0.1, -0.05) is 13.3 Å². The molecule has 0 atom stereocenters. The standard InChI is InChI=1S/C23H24F3N3O/c1-3-4-14-8-17-20(30)7-13(2)10-29(19-6-5-15(24)9-18(19)25)23(17)21(26)22(14)28-11-16(27)12-28/h5-6,8-10,16H,3-4,7,11-12,27H2,1-2H3. The Hall–Kier alpha value is -2.80. The number of hydrogen-bond acceptors (Lipinski definition) is 4. The van der Waals surface area contributed by atoms with E-state index in [0.717, 1.165) is 24.1 Å². The predicted octanol–water partition coefficient (Wildman–Crippen LogP) is 4.83. The monoisotopic (exact) mass is 415 g/mol. The third kappa shape index (κ3) is 3.47. The van der Waals surface area contributed by atoms with E-state index in [1.165, 1.54) is 11.0 Å². The average molecular weight is 415 g/mol. The molecule has 2 aliphatic heterocycles. The molecular weight excluding hydrogens is 391 g/mol. The highest BCUT2D eigenvalue weighted by Gasteiger charge is 2.34. The summed E-state index contributed by atoms with van der Waals surface area (Å²) >= 11 is 0. The van der Waals surface area contributed by atoms with Crippen LogP contribution in [0.3, 0.4) is 0 Å². The number of fused-ring (bicyclic) bond motifs is 1. The molecule has 2 N–H and O–H groups in total. The second-order valence-electron chi connectivity index (χ2n) is 8.05. The van der Waals surface area contributed by atoms with Crippen molar-refractivity contribution in [1.29, 1.82) is 0 Å². The van der Waals surface area contributed by atoms with Crippen LogP contribution >= 0.6 is 0 Å². The van der Waals surface area contributed by atoms with Crippen LogP contribution in [0.2, 0.25) is 0 Å². The van der Waals surface area contributed by atoms with E-state index in [2.05, 4.69) is 0 Å². The number of nitrogens with two attached hydrogens (primary N) is 1. The van der Waals surface area contributed by atoms with E-state index in [9.17, 15) is 13.6 Å². The van der Waals surface area contributed by atoms with Crippen molar-refractivity contribution in [3.63, 3.8) is 0 Å². The molecule has 2 heterocycles. The summed E-state index contributed by atoms with van der Waals surface area (Å²) in [5.41, 5.74) is 7.91. The van der Waals surface area contributed by atoms with Crippen LogP contribution in [0.5, 0.6) is 0 Å². The quantitative estimate of drug-likeness (QED) is 0.777. The molecule has 1 saturated heterocycles. The van der Waals surface area contributed by atoms with Crippen LogP contribution in [0.4, 0.5) is 30.2 Å². The number of rotatable bonds is 4. The third-order valence-corrected chi connectivity index (χ3v) is 5.54. The molecule has 0 bridgehead atoms. The number of Topliss-reactive ketones (excluding diaryl/α,β-unsaturated/α-hetero) is 1. The van der Waals surface area contributed by atoms with Gasteiger partial charge in [-0.25, -0.2) is 13.2 Å². The summed E-state index contributed by atoms with van der Waals surface area (Å²) in [6.45, 7) is 4.75. The zero-order valence-electron chi connectivity index (χ0n) is 17.0. The number of allylic oxidation sites excluding steroid dienone is 1. The molecule has 4 nitrogen and oxygen atoms in total. The molecule has 30 heavy (non-hydrogen) atoms. The maximum absolute atomic E-state index is 16.1. The van der Waals surface area contributed by atoms with Crippen LogP contribution in [0.15, 0.2) is 36.0 Å². The highest BCUT2D eigenvalue weighted by Crippen LogP contribution is 2.43. The summed E-state index contributed by atoms with van der Waals surface area (Å²) in [5.74, 6) is -2.36. The van der Waals surface area contributed by atoms with E-state index in [-0.39, 0.29) is 35.2 Å². The molecule has 2 aromatic rings. The minimum Gasteiger partial charge on any atom is -0.366 e. The SMILES string of the molecule is CCCc1cc2c(c(F)c1N1CC(N)C1)N(c1ccc(F)cc1F)C=C(C)CC2=O. The predicted molar refractivity (Wildman–Crippen MR) is 112 cm³/mol. The van der Waals surface area contributed by atoms with Crippen molar-refractivity contribution in [2.24, 2.45) is 5.73 Å². The molecule has 0 aromatic heterocycles. The van der Waals surface area contributed by atoms with Crippen molar-refractivity contribution in [2.75, 3.05) is 22.9 Å². The summed E-state index contributed by atoms with van der Waals surface area (Å²) < 4.78 is 44.2. The highest BCUT2D eigenvalue weighted by atomic mass is 19.1. The number of carbonyl (C=O) groups excluding carboxylic acids is 1. The molecule has 7 heteroatoms. The number of anilines is 3. The topological polar surface area (TPSA) is 49.6 Å². The van der Waals surface area contributed by atoms with Gasteiger partial charge in [0, 0.05) is 43.4 Å². The first-order chi connectivity index (χ1) is 14.3. The number of carbonyl (C=O) groups is 1. The summed E-state index contributed by atoms with van der Waals surface area (Å²) in [7, 11) is 0. The number of benzene rings is 2. The fourth-order valence-corrected chi connectivity index (χ4v) is 4.17. The van der Waals surface area contributed by atoms with Crippen molar-refractivity contribution >= 4 is 22.8 Å². The normalized spacial score (nSPS) is 16.9. The molecule has 0 spiro atoms. The fourth-order valence-electron chi connectivity index (χ4n) is 4.17. The largest absolute Gasteiger partial charge is 0.366 e. The third-order valence-electron chi connectivity index (χ3n) is 5.54. The van der Waals surface area contributed by atoms with Crippen LogP contribution < -0.4 is 15.5 Å². The first kappa shape index (κ1) is 20.5. The number of halogens is 3. The zero-order chi connectivity index (χ0) is 21.6. The van der Waals surface area contributed by atoms with Crippen LogP contribution in [0, 0.1) is 17.5 Å². The maximum atomic E-state index is 16.1. The van der Waals surface area contributed by atoms with Gasteiger partial charge in [0.2, 0.25) is 0 Å². The Bertz CT molecular complexity index is 1040. The Labute approximate surface area is 173 Å². The number of aryl methyl sites for hydroxylation is 1. The summed E-state index contributed by atoms with van der Waals surface area (Å²) in [4.78, 5) is 16.1. The van der Waals surface area contributed by atoms with E-state index in [4.69, 9.17) is 5.73 Å². The van der Waals surface area contributed by atoms with Gasteiger partial charge in [-0.2, -0.15) is 0 Å². The van der Waals surface area contributed by atoms with Crippen LogP contribution in [0.1, 0.15) is 42.6 Å². The lowest BCUT2D eigenvalue weighted by Gasteiger charge is -2.41. The smallest absolute Gasteiger partial charge is 0.171 e. The Balaban J connectivity index is 1.97. The van der Waals surface area contributed by atoms with E-state index < -0.39 is 17.5 Å². The van der Waals surface area contributed by atoms with Crippen molar-refractivity contribution < 1.29 is 18.0 Å². The number of nitrogens with zero attached hydrogens (tertiary/aromatic N) is 2. The van der Waals surface area contributed by atoms with Gasteiger partial charge in [0.25, 0.3) is 0 Å². The molecule has 0 unspecified atom stereocenters. The van der Waals surface area contributed by atoms with Crippen molar-refractivity contribution in [1.82, 2.24) is 0 Å². The van der Waals surface area contributed by atoms with E-state index in [0.29, 0.717) is 30.8 Å². The Morgan fingerprint density at radius 2 is 1.87 bits per heavy atom. The van der Waals surface area contributed by atoms with Crippen LogP contribution in [-0.2, 0) is 6.42 Å². The average Bonchev–Trinajstić information content (AvgIpc) is 2.76. The molecule has 158 valence electrons. The van der Waals surface area contributed by atoms with E-state index in [1.807, 2.05) is 11.8 Å². The molecule has 2 aliphatic rings. The number of ketones is 1. The summed E-state index contributed by atoms with van der Waals surface area (Å²) in [6.07, 6.45) is 3.04. The number of hydrogen-bond donors (Lipinski definition) is 1. The van der Waals surface area contributed by atoms with E-state index >= 15 is 4.39 Å². The van der Waals surface area contributed by atoms with Gasteiger partial charge in [-0.05, 0) is 42.7 Å². The molecule has 0 radical (unpaired) electrons. The first-order valence-electron chi connectivity index (χ1n) is 10.1. The minimum absolute atomic E-state index is 0.00215. The van der Waals surface area contributed by atoms with Gasteiger partial charge in [-0.3, -0.25) is 4.79 Å². The summed E-state index contributed by atoms with van der Waals surface area (Å²) in [6, 6.07) is 4.82. The molecular formula is C23H24F3N3O. The van der Waals surface area contributed by atoms with Crippen molar-refractivity contribution in [3.8, 4) is 0 Å². The van der Waals surface area contributed by atoms with Gasteiger partial charge in [-0.15, -0.1) is 0 Å². The highest BCUT2D eigenvalue weighted by molar-refractivity contribution is 6.06. The van der Waals surface area contributed by atoms with Gasteiger partial charge in [0.15, 0.2) is 11.6 Å². The van der Waals surface area contributed by atoms with Gasteiger partial charge in [0.1, 0.15) is 11.6 Å². The van der Waals surface area contributed by atoms with Gasteiger partial charge in [0.05, 0.1) is 17.1 Å². The molecule has 0 aliphatic carbocycles. The lowest BCUT2D eigenvalue weighted by Crippen LogP contribution is -2.56. The van der Waals surface area contributed by atoms with Gasteiger partial charge >= 0.3 is 0 Å². The molecule has 1 fully saturated rings. The van der Waals surface area contributed by atoms with Crippen LogP contribution in [-0.4, -0.2) is 24.9 Å². The lowest BCUT2D eigenvalue weighted by atomic mass is 9.95. The maximum Gasteiger partial charge on any atom is 0.171 e. The first-order valence-corrected chi connectivity index (χ1v) is 10.1. The Kier molecular flexibility index (Phi) is 5.32. The Morgan fingerprint density at radius 3 is 2.50 bits per heavy atom.